The summed E-state index contributed by atoms with van der Waals surface area (Å²) in [7, 11) is 0. The number of ether oxygens (including phenoxy) is 15. The summed E-state index contributed by atoms with van der Waals surface area (Å²) in [5.41, 5.74) is 2.30. The van der Waals surface area contributed by atoms with Crippen molar-refractivity contribution in [3.63, 3.8) is 0 Å². The van der Waals surface area contributed by atoms with E-state index in [1.54, 1.807) is 20.8 Å². The Kier molecular flexibility index (Phi) is 40.9. The lowest BCUT2D eigenvalue weighted by Crippen LogP contribution is -2.65. The van der Waals surface area contributed by atoms with E-state index in [1.807, 2.05) is 52.0 Å². The predicted octanol–water partition coefficient (Wildman–Crippen LogP) is -3.44. The Hall–Kier alpha value is -4.05. The first-order valence-electron chi connectivity index (χ1n) is 40.9. The van der Waals surface area contributed by atoms with Crippen molar-refractivity contribution in [3.8, 4) is 0 Å². The highest BCUT2D eigenvalue weighted by Crippen LogP contribution is 2.38. The van der Waals surface area contributed by atoms with Crippen molar-refractivity contribution in [3.05, 3.63) is 95.2 Å². The van der Waals surface area contributed by atoms with E-state index in [1.165, 1.54) is 39.0 Å². The Morgan fingerprint density at radius 3 is 1.15 bits per heavy atom. The minimum absolute atomic E-state index is 0.0186. The second-order valence-electron chi connectivity index (χ2n) is 32.9. The molecule has 38 nitrogen and oxygen atoms in total. The van der Waals surface area contributed by atoms with Gasteiger partial charge in [-0.1, -0.05) is 70.4 Å². The molecule has 7 fully saturated rings. The van der Waals surface area contributed by atoms with E-state index in [9.17, 15) is 117 Å². The zero-order chi connectivity index (χ0) is 89.1. The van der Waals surface area contributed by atoms with E-state index in [4.69, 9.17) is 71.1 Å². The largest absolute Gasteiger partial charge is 0.451 e. The molecule has 690 valence electrons. The van der Waals surface area contributed by atoms with E-state index >= 15 is 0 Å². The van der Waals surface area contributed by atoms with Crippen LogP contribution in [0, 0.1) is 0 Å². The summed E-state index contributed by atoms with van der Waals surface area (Å²) in [6.07, 6.45) is -38.0. The Bertz CT molecular complexity index is 3340. The average Bonchev–Trinajstić information content (AvgIpc) is 0.772. The number of hydrogen-bond acceptors (Lipinski definition) is 38. The molecule has 0 amide bonds. The maximum absolute atomic E-state index is 13.7. The molecule has 38 heteroatoms. The quantitative estimate of drug-likeness (QED) is 0.0161. The highest BCUT2D eigenvalue weighted by Gasteiger charge is 2.57. The molecular weight excluding hydrogens is 1590 g/mol. The summed E-state index contributed by atoms with van der Waals surface area (Å²) in [5, 5.41) is 235. The van der Waals surface area contributed by atoms with Gasteiger partial charge in [0.15, 0.2) is 50.1 Å². The lowest BCUT2D eigenvalue weighted by molar-refractivity contribution is -0.375. The molecule has 7 saturated heterocycles. The maximum atomic E-state index is 13.7. The lowest BCUT2D eigenvalue weighted by Gasteiger charge is -2.47. The second-order valence-corrected chi connectivity index (χ2v) is 32.9. The molecule has 7 heterocycles. The van der Waals surface area contributed by atoms with Gasteiger partial charge in [-0.05, 0) is 146 Å². The molecule has 0 aliphatic carbocycles. The topological polar surface area (TPSA) is 601 Å². The highest BCUT2D eigenvalue weighted by atomic mass is 16.8. The fourth-order valence-electron chi connectivity index (χ4n) is 14.8. The molecule has 0 aromatic rings. The van der Waals surface area contributed by atoms with Gasteiger partial charge in [-0.15, -0.1) is 13.2 Å². The minimum Gasteiger partial charge on any atom is -0.451 e. The van der Waals surface area contributed by atoms with Crippen LogP contribution in [0.2, 0.25) is 0 Å². The van der Waals surface area contributed by atoms with Gasteiger partial charge in [-0.25, -0.2) is 4.79 Å². The van der Waals surface area contributed by atoms with Crippen molar-refractivity contribution >= 4 is 5.97 Å². The number of hydrogen-bond donors (Lipinski definition) is 22. The molecule has 0 aromatic carbocycles. The van der Waals surface area contributed by atoms with Crippen LogP contribution in [0.15, 0.2) is 95.2 Å². The van der Waals surface area contributed by atoms with Gasteiger partial charge >= 0.3 is 5.97 Å². The van der Waals surface area contributed by atoms with Crippen LogP contribution in [0.5, 0.6) is 0 Å². The summed E-state index contributed by atoms with van der Waals surface area (Å²) in [6.45, 7) is 21.4. The monoisotopic (exact) mass is 1730 g/mol. The first kappa shape index (κ1) is 103. The smallest absolute Gasteiger partial charge is 0.334 e. The van der Waals surface area contributed by atoms with E-state index < -0.39 is 271 Å². The van der Waals surface area contributed by atoms with Crippen LogP contribution in [0.4, 0.5) is 0 Å². The van der Waals surface area contributed by atoms with E-state index in [0.29, 0.717) is 51.4 Å². The number of allylic oxidation sites excluding steroid dienone is 8. The van der Waals surface area contributed by atoms with Gasteiger partial charge in [0.2, 0.25) is 0 Å². The lowest BCUT2D eigenvalue weighted by atomic mass is 9.95. The number of carbonyl (C=O) groups is 1. The molecular formula is C82H134O38. The van der Waals surface area contributed by atoms with Gasteiger partial charge in [0, 0.05) is 5.57 Å². The first-order valence-corrected chi connectivity index (χ1v) is 40.9. The Labute approximate surface area is 698 Å². The van der Waals surface area contributed by atoms with E-state index in [0.717, 1.165) is 40.7 Å². The molecule has 38 atom stereocenters. The summed E-state index contributed by atoms with van der Waals surface area (Å²) < 4.78 is 87.9. The third-order valence-corrected chi connectivity index (χ3v) is 22.9. The number of aliphatic hydroxyl groups excluding tert-OH is 22. The van der Waals surface area contributed by atoms with Crippen LogP contribution >= 0.6 is 0 Å². The Balaban J connectivity index is 0.845. The number of aliphatic hydroxyl groups is 22. The molecule has 0 aromatic heterocycles. The highest BCUT2D eigenvalue weighted by molar-refractivity contribution is 5.88. The van der Waals surface area contributed by atoms with Crippen LogP contribution < -0.4 is 0 Å². The van der Waals surface area contributed by atoms with Crippen LogP contribution in [-0.4, -0.2) is 390 Å². The van der Waals surface area contributed by atoms with Gasteiger partial charge < -0.3 is 183 Å². The minimum atomic E-state index is -1.96. The van der Waals surface area contributed by atoms with Crippen molar-refractivity contribution in [2.75, 3.05) is 39.6 Å². The second kappa shape index (κ2) is 47.7. The van der Waals surface area contributed by atoms with Crippen LogP contribution in [0.3, 0.4) is 0 Å². The molecule has 7 aliphatic rings. The van der Waals surface area contributed by atoms with Gasteiger partial charge in [0.25, 0.3) is 0 Å². The average molecular weight is 1730 g/mol. The Morgan fingerprint density at radius 2 is 0.725 bits per heavy atom. The molecule has 120 heavy (non-hydrogen) atoms. The standard InChI is InChI=1S/C82H134O38/c1-13-81(11,119-79-71(63(99)56(92)49(34-85)112-79)117-75-65(101)59(95)54(90)47(32-83)110-75)28-18-26-39(4)21-15-20-38(3)23-17-25-42(7)36-106-74-68(104)69(53(89)45(10)108-74)116-77-67(103)61(97)58(94)51(114-77)37-107-78-70(62(98)52(88)44(9)109-78)115-73(105)43(8)31-46(87)30-41(6)24-16-22-40(5)27-19-29-82(12,14-2)120-80-72(64(100)57(93)50(35-86)113-80)118-76-66(102)60(96)55(91)48(33-84)111-76/h13-14,20,24-27,31,44-72,74-80,83-104H,1-2,15-19,21-23,28-30,32-37H2,3-12H3. The van der Waals surface area contributed by atoms with Crippen molar-refractivity contribution in [2.24, 2.45) is 0 Å². The van der Waals surface area contributed by atoms with Crippen LogP contribution in [0.25, 0.3) is 0 Å². The third kappa shape index (κ3) is 27.5. The van der Waals surface area contributed by atoms with Crippen molar-refractivity contribution in [1.29, 1.82) is 0 Å². The zero-order valence-electron chi connectivity index (χ0n) is 69.7. The van der Waals surface area contributed by atoms with Gasteiger partial charge in [0.05, 0.1) is 69.2 Å². The summed E-state index contributed by atoms with van der Waals surface area (Å²) in [6, 6.07) is 0. The summed E-state index contributed by atoms with van der Waals surface area (Å²) in [4.78, 5) is 13.7. The van der Waals surface area contributed by atoms with E-state index in [2.05, 4.69) is 19.2 Å². The molecule has 7 aliphatic heterocycles. The fourth-order valence-corrected chi connectivity index (χ4v) is 14.8. The van der Waals surface area contributed by atoms with Crippen LogP contribution in [-0.2, 0) is 75.8 Å². The van der Waals surface area contributed by atoms with Gasteiger partial charge in [-0.2, -0.15) is 0 Å². The maximum Gasteiger partial charge on any atom is 0.334 e. The SMILES string of the molecule is C=CC(C)(CCC=C(C)CCC=C(C)CCC=C(C)COC1OC(C)C(O)C(OC2OC(COC3OC(C)C(O)C(O)C3OC(=O)C(C)=CC(O)CC(C)=CCCC(C)=CCCC(C)(C=C)OC3OC(CO)C(O)C(O)C3OC3OC(CO)C(O)C(O)C3O)C(O)C(O)C2O)C1O)OC1OC(CO)C(O)C(O)C1OC1OC(CO)C(O)C(O)C1O. The number of rotatable bonds is 42. The Morgan fingerprint density at radius 1 is 0.375 bits per heavy atom. The third-order valence-electron chi connectivity index (χ3n) is 22.9. The predicted molar refractivity (Wildman–Crippen MR) is 418 cm³/mol. The van der Waals surface area contributed by atoms with Gasteiger partial charge in [-0.3, -0.25) is 0 Å². The molecule has 0 bridgehead atoms. The van der Waals surface area contributed by atoms with Gasteiger partial charge in [0.1, 0.15) is 153 Å². The normalized spacial score (nSPS) is 41.1. The number of carbonyl (C=O) groups excluding carboxylic acids is 1. The molecule has 38 unspecified atom stereocenters. The van der Waals surface area contributed by atoms with Crippen molar-refractivity contribution in [1.82, 2.24) is 0 Å². The zero-order valence-corrected chi connectivity index (χ0v) is 69.7. The molecule has 0 spiro atoms. The number of esters is 1. The molecule has 7 rings (SSSR count). The molecule has 0 radical (unpaired) electrons. The van der Waals surface area contributed by atoms with Crippen LogP contribution in [0.1, 0.15) is 140 Å². The van der Waals surface area contributed by atoms with Crippen molar-refractivity contribution in [2.45, 2.75) is 372 Å². The molecule has 22 N–H and O–H groups in total. The summed E-state index contributed by atoms with van der Waals surface area (Å²) >= 11 is 0. The van der Waals surface area contributed by atoms with Crippen molar-refractivity contribution < 1.29 is 188 Å². The van der Waals surface area contributed by atoms with E-state index in [-0.39, 0.29) is 18.6 Å². The first-order chi connectivity index (χ1) is 56.6. The molecule has 0 saturated carbocycles. The fraction of sp³-hybridized carbons (Fsp3) is 0.793. The summed E-state index contributed by atoms with van der Waals surface area (Å²) in [5.74, 6) is -1.04.